The van der Waals surface area contributed by atoms with E-state index in [0.717, 1.165) is 11.0 Å². The molecule has 0 aliphatic rings. The van der Waals surface area contributed by atoms with E-state index in [1.165, 1.54) is 17.1 Å². The topological polar surface area (TPSA) is 0 Å². The fourth-order valence-electron chi connectivity index (χ4n) is 3.04. The van der Waals surface area contributed by atoms with Crippen LogP contribution in [0.5, 0.6) is 0 Å². The van der Waals surface area contributed by atoms with E-state index in [-0.39, 0.29) is 17.0 Å². The lowest BCUT2D eigenvalue weighted by Crippen LogP contribution is -3.00. The van der Waals surface area contributed by atoms with Gasteiger partial charge in [-0.15, -0.1) is 0 Å². The van der Waals surface area contributed by atoms with Gasteiger partial charge in [-0.3, -0.25) is 0 Å². The van der Waals surface area contributed by atoms with Crippen LogP contribution in [0.15, 0.2) is 91.0 Å². The normalized spacial score (nSPS) is 10.8. The van der Waals surface area contributed by atoms with Crippen molar-refractivity contribution < 1.29 is 17.0 Å². The largest absolute Gasteiger partial charge is 1.00 e. The van der Waals surface area contributed by atoms with E-state index in [1.54, 1.807) is 0 Å². The van der Waals surface area contributed by atoms with Crippen molar-refractivity contribution >= 4 is 17.1 Å². The molecular weight excluding hydrogens is 334 g/mol. The SMILES string of the molecule is CC[N+](c1ccccc1)(c1ccccc1)c1ccccc1.[Br-]. The van der Waals surface area contributed by atoms with Crippen LogP contribution in [0, 0.1) is 0 Å². The van der Waals surface area contributed by atoms with Crippen molar-refractivity contribution in [3.63, 3.8) is 0 Å². The van der Waals surface area contributed by atoms with Gasteiger partial charge in [0.05, 0.1) is 6.54 Å². The molecular formula is C20H20BrN. The van der Waals surface area contributed by atoms with Crippen molar-refractivity contribution in [2.45, 2.75) is 6.92 Å². The first kappa shape index (κ1) is 16.5. The molecule has 0 aromatic heterocycles. The van der Waals surface area contributed by atoms with Crippen molar-refractivity contribution in [2.24, 2.45) is 0 Å². The second-order valence-electron chi connectivity index (χ2n) is 5.13. The Morgan fingerprint density at radius 1 is 0.545 bits per heavy atom. The molecule has 22 heavy (non-hydrogen) atoms. The van der Waals surface area contributed by atoms with Crippen LogP contribution in [-0.4, -0.2) is 6.54 Å². The molecule has 0 saturated carbocycles. The second kappa shape index (κ2) is 7.39. The zero-order valence-corrected chi connectivity index (χ0v) is 14.3. The highest BCUT2D eigenvalue weighted by Gasteiger charge is 2.33. The first-order valence-corrected chi connectivity index (χ1v) is 7.43. The van der Waals surface area contributed by atoms with Crippen molar-refractivity contribution in [1.29, 1.82) is 0 Å². The quantitative estimate of drug-likeness (QED) is 0.632. The van der Waals surface area contributed by atoms with Gasteiger partial charge in [0, 0.05) is 0 Å². The lowest BCUT2D eigenvalue weighted by atomic mass is 10.1. The molecule has 0 aliphatic heterocycles. The third-order valence-electron chi connectivity index (χ3n) is 4.07. The lowest BCUT2D eigenvalue weighted by Gasteiger charge is -2.36. The fourth-order valence-corrected chi connectivity index (χ4v) is 3.04. The zero-order valence-electron chi connectivity index (χ0n) is 12.7. The monoisotopic (exact) mass is 353 g/mol. The molecule has 0 amide bonds. The Labute approximate surface area is 143 Å². The molecule has 2 heteroatoms. The predicted octanol–water partition coefficient (Wildman–Crippen LogP) is 2.68. The van der Waals surface area contributed by atoms with E-state index >= 15 is 0 Å². The molecule has 0 spiro atoms. The Bertz CT molecular complexity index is 584. The van der Waals surface area contributed by atoms with E-state index in [2.05, 4.69) is 97.9 Å². The van der Waals surface area contributed by atoms with Crippen LogP contribution in [0.2, 0.25) is 0 Å². The third-order valence-corrected chi connectivity index (χ3v) is 4.07. The highest BCUT2D eigenvalue weighted by atomic mass is 79.9. The average Bonchev–Trinajstić information content (AvgIpc) is 2.59. The first-order valence-electron chi connectivity index (χ1n) is 7.43. The molecule has 0 fully saturated rings. The molecule has 1 nitrogen and oxygen atoms in total. The number of rotatable bonds is 4. The summed E-state index contributed by atoms with van der Waals surface area (Å²) in [5.74, 6) is 0. The van der Waals surface area contributed by atoms with Gasteiger partial charge in [0.15, 0.2) is 0 Å². The van der Waals surface area contributed by atoms with Gasteiger partial charge in [-0.1, -0.05) is 54.6 Å². The number of hydrogen-bond donors (Lipinski definition) is 0. The van der Waals surface area contributed by atoms with Gasteiger partial charge >= 0.3 is 0 Å². The Kier molecular flexibility index (Phi) is 5.53. The van der Waals surface area contributed by atoms with Crippen LogP contribution in [0.1, 0.15) is 6.92 Å². The molecule has 0 N–H and O–H groups in total. The van der Waals surface area contributed by atoms with Crippen LogP contribution in [-0.2, 0) is 0 Å². The highest BCUT2D eigenvalue weighted by Crippen LogP contribution is 2.42. The zero-order chi connectivity index (χ0) is 14.5. The fraction of sp³-hybridized carbons (Fsp3) is 0.100. The maximum absolute atomic E-state index is 2.24. The summed E-state index contributed by atoms with van der Waals surface area (Å²) in [5.41, 5.74) is 3.87. The van der Waals surface area contributed by atoms with E-state index in [0.29, 0.717) is 0 Å². The number of para-hydroxylation sites is 3. The number of hydrogen-bond acceptors (Lipinski definition) is 0. The van der Waals surface area contributed by atoms with Crippen LogP contribution < -0.4 is 21.5 Å². The Morgan fingerprint density at radius 3 is 1.05 bits per heavy atom. The molecule has 0 heterocycles. The maximum Gasteiger partial charge on any atom is 0.143 e. The highest BCUT2D eigenvalue weighted by molar-refractivity contribution is 5.70. The summed E-state index contributed by atoms with van der Waals surface area (Å²) in [6.45, 7) is 3.21. The summed E-state index contributed by atoms with van der Waals surface area (Å²) in [6, 6.07) is 32.2. The molecule has 0 aliphatic carbocycles. The minimum absolute atomic E-state index is 0. The Hall–Kier alpha value is -1.90. The molecule has 0 atom stereocenters. The van der Waals surface area contributed by atoms with Gasteiger partial charge in [0.25, 0.3) is 0 Å². The van der Waals surface area contributed by atoms with Crippen LogP contribution in [0.4, 0.5) is 17.1 Å². The summed E-state index contributed by atoms with van der Waals surface area (Å²) in [5, 5.41) is 0. The summed E-state index contributed by atoms with van der Waals surface area (Å²) < 4.78 is 0.739. The molecule has 3 aromatic carbocycles. The van der Waals surface area contributed by atoms with E-state index in [9.17, 15) is 0 Å². The molecule has 3 rings (SSSR count). The van der Waals surface area contributed by atoms with E-state index in [1.807, 2.05) is 0 Å². The molecule has 112 valence electrons. The number of halogens is 1. The van der Waals surface area contributed by atoms with Gasteiger partial charge in [-0.2, -0.15) is 0 Å². The number of quaternary nitrogens is 1. The minimum atomic E-state index is 0. The van der Waals surface area contributed by atoms with Crippen molar-refractivity contribution in [3.8, 4) is 0 Å². The summed E-state index contributed by atoms with van der Waals surface area (Å²) in [7, 11) is 0. The van der Waals surface area contributed by atoms with Crippen molar-refractivity contribution in [3.05, 3.63) is 91.0 Å². The van der Waals surface area contributed by atoms with Gasteiger partial charge in [-0.05, 0) is 43.3 Å². The van der Waals surface area contributed by atoms with E-state index < -0.39 is 0 Å². The Balaban J connectivity index is 0.00000176. The number of nitrogens with zero attached hydrogens (tertiary/aromatic N) is 1. The van der Waals surface area contributed by atoms with Gasteiger partial charge in [0.2, 0.25) is 0 Å². The lowest BCUT2D eigenvalue weighted by molar-refractivity contribution is -0.00000416. The Morgan fingerprint density at radius 2 is 0.818 bits per heavy atom. The van der Waals surface area contributed by atoms with Gasteiger partial charge in [0.1, 0.15) is 17.1 Å². The van der Waals surface area contributed by atoms with Gasteiger partial charge < -0.3 is 17.0 Å². The number of benzene rings is 3. The van der Waals surface area contributed by atoms with Crippen molar-refractivity contribution in [2.75, 3.05) is 6.54 Å². The summed E-state index contributed by atoms with van der Waals surface area (Å²) in [6.07, 6.45) is 0. The average molecular weight is 354 g/mol. The molecule has 0 radical (unpaired) electrons. The second-order valence-corrected chi connectivity index (χ2v) is 5.13. The van der Waals surface area contributed by atoms with Crippen LogP contribution >= 0.6 is 0 Å². The minimum Gasteiger partial charge on any atom is -1.00 e. The maximum atomic E-state index is 2.24. The first-order chi connectivity index (χ1) is 10.4. The van der Waals surface area contributed by atoms with E-state index in [4.69, 9.17) is 0 Å². The standard InChI is InChI=1S/C20H20N.BrH/c1-2-21(18-12-6-3-7-13-18,19-14-8-4-9-15-19)20-16-10-5-11-17-20;/h3-17H,2H2,1H3;1H/q+1;/p-1. The summed E-state index contributed by atoms with van der Waals surface area (Å²) >= 11 is 0. The molecule has 0 bridgehead atoms. The van der Waals surface area contributed by atoms with Crippen LogP contribution in [0.25, 0.3) is 0 Å². The molecule has 3 aromatic rings. The molecule has 0 saturated heterocycles. The molecule has 0 unspecified atom stereocenters. The van der Waals surface area contributed by atoms with Crippen LogP contribution in [0.3, 0.4) is 0 Å². The summed E-state index contributed by atoms with van der Waals surface area (Å²) in [4.78, 5) is 0. The predicted molar refractivity (Wildman–Crippen MR) is 91.0 cm³/mol. The third kappa shape index (κ3) is 2.85. The van der Waals surface area contributed by atoms with Gasteiger partial charge in [-0.25, -0.2) is 4.48 Å². The van der Waals surface area contributed by atoms with Crippen molar-refractivity contribution in [1.82, 2.24) is 4.48 Å². The smallest absolute Gasteiger partial charge is 0.143 e.